The highest BCUT2D eigenvalue weighted by molar-refractivity contribution is 7.16. The summed E-state index contributed by atoms with van der Waals surface area (Å²) in [7, 11) is 0. The van der Waals surface area contributed by atoms with E-state index in [0.29, 0.717) is 17.3 Å². The van der Waals surface area contributed by atoms with Gasteiger partial charge in [-0.3, -0.25) is 4.90 Å². The molecule has 2 rings (SSSR count). The number of hydrogen-bond donors (Lipinski definition) is 1. The Morgan fingerprint density at radius 2 is 2.14 bits per heavy atom. The van der Waals surface area contributed by atoms with E-state index in [1.165, 1.54) is 16.2 Å². The summed E-state index contributed by atoms with van der Waals surface area (Å²) in [6, 6.07) is 2.95. The van der Waals surface area contributed by atoms with Gasteiger partial charge in [-0.25, -0.2) is 9.59 Å². The fourth-order valence-corrected chi connectivity index (χ4v) is 3.78. The fourth-order valence-electron chi connectivity index (χ4n) is 2.57. The number of carbonyl (C=O) groups is 2. The van der Waals surface area contributed by atoms with Gasteiger partial charge < -0.3 is 9.84 Å². The van der Waals surface area contributed by atoms with Crippen molar-refractivity contribution in [3.05, 3.63) is 21.3 Å². The molecule has 0 spiro atoms. The fraction of sp³-hybridized carbons (Fsp3) is 0.600. The number of thiophene rings is 1. The summed E-state index contributed by atoms with van der Waals surface area (Å²) in [5.41, 5.74) is -0.639. The van der Waals surface area contributed by atoms with Crippen LogP contribution in [0.3, 0.4) is 0 Å². The second-order valence-corrected chi connectivity index (χ2v) is 8.30. The topological polar surface area (TPSA) is 66.8 Å². The first kappa shape index (κ1) is 17.1. The molecule has 2 unspecified atom stereocenters. The molecule has 0 radical (unpaired) electrons. The maximum absolute atomic E-state index is 12.2. The minimum atomic E-state index is -0.988. The number of amides is 1. The van der Waals surface area contributed by atoms with Gasteiger partial charge in [0, 0.05) is 11.4 Å². The minimum absolute atomic E-state index is 0.100. The molecule has 1 aliphatic rings. The predicted octanol–water partition coefficient (Wildman–Crippen LogP) is 3.65. The van der Waals surface area contributed by atoms with Crippen molar-refractivity contribution >= 4 is 35.0 Å². The van der Waals surface area contributed by atoms with Crippen LogP contribution in [0.1, 0.15) is 32.1 Å². The zero-order valence-electron chi connectivity index (χ0n) is 12.8. The molecule has 1 aliphatic heterocycles. The third kappa shape index (κ3) is 4.36. The highest BCUT2D eigenvalue weighted by atomic mass is 35.5. The van der Waals surface area contributed by atoms with Crippen LogP contribution in [0.2, 0.25) is 4.34 Å². The van der Waals surface area contributed by atoms with E-state index in [4.69, 9.17) is 16.3 Å². The third-order valence-corrected chi connectivity index (χ3v) is 4.67. The minimum Gasteiger partial charge on any atom is -0.480 e. The van der Waals surface area contributed by atoms with Crippen LogP contribution in [0.25, 0.3) is 0 Å². The van der Waals surface area contributed by atoms with E-state index < -0.39 is 23.7 Å². The summed E-state index contributed by atoms with van der Waals surface area (Å²) in [5, 5.41) is 9.35. The molecule has 0 aromatic carbocycles. The van der Waals surface area contributed by atoms with Crippen molar-refractivity contribution in [3.63, 3.8) is 0 Å². The smallest absolute Gasteiger partial charge is 0.411 e. The molecule has 1 amide bonds. The van der Waals surface area contributed by atoms with Crippen molar-refractivity contribution in [1.29, 1.82) is 0 Å². The Hall–Kier alpha value is -1.27. The molecule has 5 nitrogen and oxygen atoms in total. The van der Waals surface area contributed by atoms with Gasteiger partial charge in [-0.15, -0.1) is 11.3 Å². The molecule has 1 aromatic heterocycles. The van der Waals surface area contributed by atoms with Crippen LogP contribution >= 0.6 is 22.9 Å². The van der Waals surface area contributed by atoms with E-state index in [0.717, 1.165) is 11.3 Å². The number of carboxylic acid groups (broad SMARTS) is 1. The molecular formula is C15H20ClNO4S. The second-order valence-electron chi connectivity index (χ2n) is 6.50. The van der Waals surface area contributed by atoms with Crippen molar-refractivity contribution in [1.82, 2.24) is 4.90 Å². The quantitative estimate of drug-likeness (QED) is 0.907. The van der Waals surface area contributed by atoms with Gasteiger partial charge in [0.15, 0.2) is 0 Å². The van der Waals surface area contributed by atoms with Gasteiger partial charge in [0.1, 0.15) is 11.6 Å². The number of carboxylic acids is 1. The zero-order valence-corrected chi connectivity index (χ0v) is 14.4. The Kier molecular flexibility index (Phi) is 5.02. The normalized spacial score (nSPS) is 21.9. The van der Waals surface area contributed by atoms with Crippen LogP contribution in [-0.4, -0.2) is 40.3 Å². The zero-order chi connectivity index (χ0) is 16.5. The Balaban J connectivity index is 2.06. The highest BCUT2D eigenvalue weighted by Gasteiger charge is 2.41. The van der Waals surface area contributed by atoms with Gasteiger partial charge in [-0.2, -0.15) is 0 Å². The predicted molar refractivity (Wildman–Crippen MR) is 85.5 cm³/mol. The standard InChI is InChI=1S/C15H20ClNO4S/c1-15(2,3)21-14(20)17-8-9(7-11(17)13(18)19)6-10-4-5-12(16)22-10/h4-5,9,11H,6-8H2,1-3H3,(H,18,19). The number of rotatable bonds is 3. The molecule has 1 saturated heterocycles. The Bertz CT molecular complexity index is 566. The summed E-state index contributed by atoms with van der Waals surface area (Å²) < 4.78 is 6.02. The van der Waals surface area contributed by atoms with E-state index in [1.54, 1.807) is 20.8 Å². The van der Waals surface area contributed by atoms with Crippen molar-refractivity contribution in [2.45, 2.75) is 45.3 Å². The molecule has 1 fully saturated rings. The van der Waals surface area contributed by atoms with Gasteiger partial charge in [-0.1, -0.05) is 11.6 Å². The summed E-state index contributed by atoms with van der Waals surface area (Å²) in [5.74, 6) is -0.888. The van der Waals surface area contributed by atoms with Crippen LogP contribution in [0, 0.1) is 5.92 Å². The van der Waals surface area contributed by atoms with Crippen molar-refractivity contribution in [2.24, 2.45) is 5.92 Å². The van der Waals surface area contributed by atoms with Crippen LogP contribution in [0.15, 0.2) is 12.1 Å². The summed E-state index contributed by atoms with van der Waals surface area (Å²) in [6.45, 7) is 5.69. The largest absolute Gasteiger partial charge is 0.480 e. The van der Waals surface area contributed by atoms with Gasteiger partial charge >= 0.3 is 12.1 Å². The molecule has 22 heavy (non-hydrogen) atoms. The number of halogens is 1. The van der Waals surface area contributed by atoms with Gasteiger partial charge in [0.2, 0.25) is 0 Å². The average molecular weight is 346 g/mol. The number of nitrogens with zero attached hydrogens (tertiary/aromatic N) is 1. The molecule has 0 aliphatic carbocycles. The van der Waals surface area contributed by atoms with E-state index in [-0.39, 0.29) is 5.92 Å². The lowest BCUT2D eigenvalue weighted by molar-refractivity contribution is -0.142. The maximum Gasteiger partial charge on any atom is 0.411 e. The summed E-state index contributed by atoms with van der Waals surface area (Å²) >= 11 is 7.40. The molecule has 7 heteroatoms. The molecule has 122 valence electrons. The van der Waals surface area contributed by atoms with Gasteiger partial charge in [0.05, 0.1) is 4.34 Å². The first-order valence-corrected chi connectivity index (χ1v) is 8.32. The number of aliphatic carboxylic acids is 1. The molecule has 0 saturated carbocycles. The third-order valence-electron chi connectivity index (χ3n) is 3.42. The maximum atomic E-state index is 12.2. The number of hydrogen-bond acceptors (Lipinski definition) is 4. The molecule has 2 heterocycles. The first-order chi connectivity index (χ1) is 10.2. The molecule has 1 aromatic rings. The van der Waals surface area contributed by atoms with Crippen LogP contribution in [-0.2, 0) is 16.0 Å². The van der Waals surface area contributed by atoms with Crippen molar-refractivity contribution < 1.29 is 19.4 Å². The molecular weight excluding hydrogens is 326 g/mol. The molecule has 1 N–H and O–H groups in total. The monoisotopic (exact) mass is 345 g/mol. The number of likely N-dealkylation sites (tertiary alicyclic amines) is 1. The van der Waals surface area contributed by atoms with E-state index in [2.05, 4.69) is 0 Å². The lowest BCUT2D eigenvalue weighted by Crippen LogP contribution is -2.43. The number of carbonyl (C=O) groups excluding carboxylic acids is 1. The van der Waals surface area contributed by atoms with E-state index >= 15 is 0 Å². The lowest BCUT2D eigenvalue weighted by Gasteiger charge is -2.26. The molecule has 0 bridgehead atoms. The van der Waals surface area contributed by atoms with Crippen LogP contribution < -0.4 is 0 Å². The van der Waals surface area contributed by atoms with E-state index in [1.807, 2.05) is 12.1 Å². The number of ether oxygens (including phenoxy) is 1. The summed E-state index contributed by atoms with van der Waals surface area (Å²) in [4.78, 5) is 26.0. The average Bonchev–Trinajstić information content (AvgIpc) is 2.94. The summed E-state index contributed by atoms with van der Waals surface area (Å²) in [6.07, 6.45) is 0.594. The van der Waals surface area contributed by atoms with Crippen molar-refractivity contribution in [2.75, 3.05) is 6.54 Å². The van der Waals surface area contributed by atoms with Crippen LogP contribution in [0.5, 0.6) is 0 Å². The van der Waals surface area contributed by atoms with Crippen LogP contribution in [0.4, 0.5) is 4.79 Å². The van der Waals surface area contributed by atoms with Gasteiger partial charge in [-0.05, 0) is 51.7 Å². The molecule has 2 atom stereocenters. The van der Waals surface area contributed by atoms with Gasteiger partial charge in [0.25, 0.3) is 0 Å². The SMILES string of the molecule is CC(C)(C)OC(=O)N1CC(Cc2ccc(Cl)s2)CC1C(=O)O. The first-order valence-electron chi connectivity index (χ1n) is 7.12. The lowest BCUT2D eigenvalue weighted by atomic mass is 10.0. The highest BCUT2D eigenvalue weighted by Crippen LogP contribution is 2.31. The van der Waals surface area contributed by atoms with Crippen molar-refractivity contribution in [3.8, 4) is 0 Å². The Morgan fingerprint density at radius 1 is 1.45 bits per heavy atom. The Morgan fingerprint density at radius 3 is 2.64 bits per heavy atom. The Labute approximate surface area is 138 Å². The van der Waals surface area contributed by atoms with E-state index in [9.17, 15) is 14.7 Å². The second kappa shape index (κ2) is 6.46.